The molecule has 2 rings (SSSR count). The van der Waals surface area contributed by atoms with Crippen molar-refractivity contribution in [1.82, 2.24) is 10.2 Å². The summed E-state index contributed by atoms with van der Waals surface area (Å²) in [6.07, 6.45) is 8.49. The molecule has 3 N–H and O–H groups in total. The predicted octanol–water partition coefficient (Wildman–Crippen LogP) is 1.57. The van der Waals surface area contributed by atoms with Gasteiger partial charge in [0, 0.05) is 5.69 Å². The highest BCUT2D eigenvalue weighted by atomic mass is 15.1. The molecule has 0 saturated heterocycles. The zero-order valence-corrected chi connectivity index (χ0v) is 8.68. The average molecular weight is 193 g/mol. The zero-order chi connectivity index (χ0) is 9.80. The molecule has 1 aliphatic rings. The van der Waals surface area contributed by atoms with E-state index >= 15 is 0 Å². The Bertz CT molecular complexity index is 291. The third-order valence-electron chi connectivity index (χ3n) is 3.01. The molecular weight excluding hydrogens is 174 g/mol. The Morgan fingerprint density at radius 1 is 1.21 bits per heavy atom. The Labute approximate surface area is 85.1 Å². The highest BCUT2D eigenvalue weighted by Gasteiger charge is 2.14. The fourth-order valence-corrected chi connectivity index (χ4v) is 2.20. The lowest BCUT2D eigenvalue weighted by Gasteiger charge is -2.00. The quantitative estimate of drug-likeness (QED) is 0.716. The van der Waals surface area contributed by atoms with E-state index in [0.29, 0.717) is 0 Å². The molecule has 0 saturated carbocycles. The molecule has 0 aromatic carbocycles. The van der Waals surface area contributed by atoms with Gasteiger partial charge < -0.3 is 5.73 Å². The summed E-state index contributed by atoms with van der Waals surface area (Å²) in [4.78, 5) is 0. The zero-order valence-electron chi connectivity index (χ0n) is 8.68. The first-order valence-corrected chi connectivity index (χ1v) is 5.67. The van der Waals surface area contributed by atoms with Crippen LogP contribution in [-0.2, 0) is 19.3 Å². The molecule has 0 atom stereocenters. The number of hydrogen-bond acceptors (Lipinski definition) is 2. The first-order valence-electron chi connectivity index (χ1n) is 5.67. The van der Waals surface area contributed by atoms with E-state index in [1.807, 2.05) is 0 Å². The summed E-state index contributed by atoms with van der Waals surface area (Å²) in [6, 6.07) is 0. The van der Waals surface area contributed by atoms with Crippen LogP contribution in [0.15, 0.2) is 0 Å². The van der Waals surface area contributed by atoms with Crippen LogP contribution in [0.2, 0.25) is 0 Å². The summed E-state index contributed by atoms with van der Waals surface area (Å²) < 4.78 is 0. The van der Waals surface area contributed by atoms with Crippen molar-refractivity contribution < 1.29 is 0 Å². The largest absolute Gasteiger partial charge is 0.330 e. The number of H-pyrrole nitrogens is 1. The second-order valence-corrected chi connectivity index (χ2v) is 4.08. The molecule has 0 radical (unpaired) electrons. The molecule has 0 aliphatic heterocycles. The van der Waals surface area contributed by atoms with Crippen LogP contribution in [0.4, 0.5) is 0 Å². The third kappa shape index (κ3) is 1.98. The van der Waals surface area contributed by atoms with Crippen molar-refractivity contribution in [3.63, 3.8) is 0 Å². The van der Waals surface area contributed by atoms with E-state index in [9.17, 15) is 0 Å². The number of nitrogens with zero attached hydrogens (tertiary/aromatic N) is 1. The van der Waals surface area contributed by atoms with E-state index in [-0.39, 0.29) is 0 Å². The Hall–Kier alpha value is -0.830. The molecule has 0 fully saturated rings. The molecule has 3 nitrogen and oxygen atoms in total. The fraction of sp³-hybridized carbons (Fsp3) is 0.727. The highest BCUT2D eigenvalue weighted by molar-refractivity contribution is 5.26. The van der Waals surface area contributed by atoms with Gasteiger partial charge in [-0.05, 0) is 50.6 Å². The first-order chi connectivity index (χ1) is 6.92. The van der Waals surface area contributed by atoms with Crippen LogP contribution in [0.3, 0.4) is 0 Å². The number of nitrogens with two attached hydrogens (primary N) is 1. The van der Waals surface area contributed by atoms with Gasteiger partial charge in [0.2, 0.25) is 0 Å². The lowest BCUT2D eigenvalue weighted by molar-refractivity contribution is 0.695. The van der Waals surface area contributed by atoms with Crippen molar-refractivity contribution in [2.45, 2.75) is 44.9 Å². The van der Waals surface area contributed by atoms with Crippen LogP contribution >= 0.6 is 0 Å². The van der Waals surface area contributed by atoms with Gasteiger partial charge in [0.1, 0.15) is 0 Å². The maximum absolute atomic E-state index is 5.51. The number of rotatable bonds is 3. The monoisotopic (exact) mass is 193 g/mol. The number of hydrogen-bond donors (Lipinski definition) is 2. The van der Waals surface area contributed by atoms with Crippen molar-refractivity contribution in [2.24, 2.45) is 5.73 Å². The van der Waals surface area contributed by atoms with Crippen LogP contribution in [-0.4, -0.2) is 16.7 Å². The minimum atomic E-state index is 0.766. The summed E-state index contributed by atoms with van der Waals surface area (Å²) in [6.45, 7) is 0.766. The molecule has 78 valence electrons. The predicted molar refractivity (Wildman–Crippen MR) is 57.2 cm³/mol. The van der Waals surface area contributed by atoms with Crippen LogP contribution in [0.1, 0.15) is 42.6 Å². The molecule has 1 aromatic heterocycles. The maximum atomic E-state index is 5.51. The van der Waals surface area contributed by atoms with Gasteiger partial charge in [0.25, 0.3) is 0 Å². The summed E-state index contributed by atoms with van der Waals surface area (Å²) in [5, 5.41) is 7.58. The van der Waals surface area contributed by atoms with Gasteiger partial charge in [0.15, 0.2) is 0 Å². The van der Waals surface area contributed by atoms with Gasteiger partial charge in [-0.2, -0.15) is 5.10 Å². The van der Waals surface area contributed by atoms with Crippen molar-refractivity contribution >= 4 is 0 Å². The fourth-order valence-electron chi connectivity index (χ4n) is 2.20. The first kappa shape index (κ1) is 9.71. The molecule has 1 aliphatic carbocycles. The van der Waals surface area contributed by atoms with E-state index in [2.05, 4.69) is 10.2 Å². The van der Waals surface area contributed by atoms with Gasteiger partial charge in [-0.15, -0.1) is 0 Å². The SMILES string of the molecule is NCCCc1n[nH]c2c1CCCCC2. The van der Waals surface area contributed by atoms with Crippen LogP contribution < -0.4 is 5.73 Å². The van der Waals surface area contributed by atoms with Crippen molar-refractivity contribution in [3.8, 4) is 0 Å². The summed E-state index contributed by atoms with van der Waals surface area (Å²) in [5.74, 6) is 0. The third-order valence-corrected chi connectivity index (χ3v) is 3.01. The smallest absolute Gasteiger partial charge is 0.0657 e. The maximum Gasteiger partial charge on any atom is 0.0657 e. The van der Waals surface area contributed by atoms with Crippen molar-refractivity contribution in [1.29, 1.82) is 0 Å². The van der Waals surface area contributed by atoms with E-state index in [1.165, 1.54) is 49.1 Å². The summed E-state index contributed by atoms with van der Waals surface area (Å²) in [7, 11) is 0. The van der Waals surface area contributed by atoms with Crippen LogP contribution in [0.5, 0.6) is 0 Å². The topological polar surface area (TPSA) is 54.7 Å². The Morgan fingerprint density at radius 2 is 2.07 bits per heavy atom. The molecule has 14 heavy (non-hydrogen) atoms. The molecular formula is C11H19N3. The van der Waals surface area contributed by atoms with Gasteiger partial charge in [-0.3, -0.25) is 5.10 Å². The summed E-state index contributed by atoms with van der Waals surface area (Å²) in [5.41, 5.74) is 9.66. The number of fused-ring (bicyclic) bond motifs is 1. The van der Waals surface area contributed by atoms with E-state index < -0.39 is 0 Å². The molecule has 1 aromatic rings. The van der Waals surface area contributed by atoms with Gasteiger partial charge in [0.05, 0.1) is 5.69 Å². The summed E-state index contributed by atoms with van der Waals surface area (Å²) >= 11 is 0. The number of aromatic nitrogens is 2. The normalized spacial score (nSPS) is 16.4. The molecule has 0 spiro atoms. The van der Waals surface area contributed by atoms with Gasteiger partial charge in [-0.1, -0.05) is 6.42 Å². The highest BCUT2D eigenvalue weighted by Crippen LogP contribution is 2.22. The molecule has 1 heterocycles. The Balaban J connectivity index is 2.12. The Morgan fingerprint density at radius 3 is 2.93 bits per heavy atom. The van der Waals surface area contributed by atoms with Crippen LogP contribution in [0, 0.1) is 0 Å². The average Bonchev–Trinajstić information content (AvgIpc) is 2.45. The van der Waals surface area contributed by atoms with Crippen molar-refractivity contribution in [3.05, 3.63) is 17.0 Å². The van der Waals surface area contributed by atoms with Gasteiger partial charge >= 0.3 is 0 Å². The van der Waals surface area contributed by atoms with Crippen LogP contribution in [0.25, 0.3) is 0 Å². The minimum absolute atomic E-state index is 0.766. The Kier molecular flexibility index (Phi) is 3.19. The van der Waals surface area contributed by atoms with E-state index in [0.717, 1.165) is 19.4 Å². The van der Waals surface area contributed by atoms with E-state index in [1.54, 1.807) is 0 Å². The molecule has 0 bridgehead atoms. The lowest BCUT2D eigenvalue weighted by Crippen LogP contribution is -2.02. The second kappa shape index (κ2) is 4.60. The van der Waals surface area contributed by atoms with Crippen molar-refractivity contribution in [2.75, 3.05) is 6.54 Å². The van der Waals surface area contributed by atoms with Gasteiger partial charge in [-0.25, -0.2) is 0 Å². The number of aromatic amines is 1. The molecule has 3 heteroatoms. The number of nitrogens with one attached hydrogen (secondary N) is 1. The standard InChI is InChI=1S/C11H19N3/c12-8-4-7-11-9-5-2-1-3-6-10(9)13-14-11/h1-8,12H2,(H,13,14). The molecule has 0 amide bonds. The number of aryl methyl sites for hydroxylation is 2. The lowest BCUT2D eigenvalue weighted by atomic mass is 10.1. The second-order valence-electron chi connectivity index (χ2n) is 4.08. The van der Waals surface area contributed by atoms with E-state index in [4.69, 9.17) is 5.73 Å². The molecule has 0 unspecified atom stereocenters. The minimum Gasteiger partial charge on any atom is -0.330 e.